The Kier molecular flexibility index (Phi) is 7.99. The molecule has 0 saturated heterocycles. The molecule has 0 radical (unpaired) electrons. The Morgan fingerprint density at radius 2 is 1.26 bits per heavy atom. The molecule has 0 aliphatic heterocycles. The van der Waals surface area contributed by atoms with Crippen LogP contribution in [0.2, 0.25) is 0 Å². The molecule has 0 aromatic rings. The van der Waals surface area contributed by atoms with Crippen molar-refractivity contribution in [1.29, 1.82) is 0 Å². The highest BCUT2D eigenvalue weighted by atomic mass is 17.3. The normalized spacial score (nSPS) is 20.0. The van der Waals surface area contributed by atoms with E-state index in [2.05, 4.69) is 20.8 Å². The van der Waals surface area contributed by atoms with Crippen LogP contribution in [0.15, 0.2) is 0 Å². The minimum Gasteiger partial charge on any atom is -0.228 e. The molecule has 0 amide bonds. The van der Waals surface area contributed by atoms with Crippen LogP contribution in [0.25, 0.3) is 0 Å². The van der Waals surface area contributed by atoms with E-state index in [-0.39, 0.29) is 11.2 Å². The molecule has 1 rings (SSSR count). The third kappa shape index (κ3) is 7.08. The van der Waals surface area contributed by atoms with Crippen LogP contribution in [-0.2, 0) is 19.6 Å². The molecule has 4 nitrogen and oxygen atoms in total. The number of hydrogen-bond acceptors (Lipinski definition) is 4. The van der Waals surface area contributed by atoms with Gasteiger partial charge >= 0.3 is 0 Å². The molecule has 23 heavy (non-hydrogen) atoms. The van der Waals surface area contributed by atoms with Crippen molar-refractivity contribution < 1.29 is 19.6 Å². The molecule has 0 spiro atoms. The fraction of sp³-hybridized carbons (Fsp3) is 1.00. The van der Waals surface area contributed by atoms with Gasteiger partial charge < -0.3 is 0 Å². The Labute approximate surface area is 143 Å². The lowest BCUT2D eigenvalue weighted by atomic mass is 9.83. The van der Waals surface area contributed by atoms with E-state index in [0.717, 1.165) is 44.4 Å². The number of hydrogen-bond donors (Lipinski definition) is 0. The molecule has 0 unspecified atom stereocenters. The van der Waals surface area contributed by atoms with E-state index in [0.29, 0.717) is 0 Å². The lowest BCUT2D eigenvalue weighted by Gasteiger charge is -2.40. The zero-order valence-corrected chi connectivity index (χ0v) is 16.4. The summed E-state index contributed by atoms with van der Waals surface area (Å²) in [6.07, 6.45) is 8.09. The quantitative estimate of drug-likeness (QED) is 0.282. The van der Waals surface area contributed by atoms with Crippen LogP contribution in [0.3, 0.4) is 0 Å². The molecule has 0 heterocycles. The molecule has 0 aromatic heterocycles. The third-order valence-electron chi connectivity index (χ3n) is 5.11. The van der Waals surface area contributed by atoms with Crippen molar-refractivity contribution in [2.45, 2.75) is 117 Å². The van der Waals surface area contributed by atoms with Gasteiger partial charge in [-0.15, -0.1) is 0 Å². The van der Waals surface area contributed by atoms with Crippen LogP contribution in [0.4, 0.5) is 0 Å². The van der Waals surface area contributed by atoms with Gasteiger partial charge in [0.1, 0.15) is 0 Å². The SMILES string of the molecule is CCCC1CCC(OOC(C)(C)CC)(OOC(C)(C)CC)CC1. The van der Waals surface area contributed by atoms with Gasteiger partial charge in [-0.25, -0.2) is 9.78 Å². The van der Waals surface area contributed by atoms with E-state index in [1.807, 2.05) is 27.7 Å². The molecular formula is C19H38O4. The van der Waals surface area contributed by atoms with Gasteiger partial charge in [0, 0.05) is 12.8 Å². The molecule has 0 aromatic carbocycles. The first-order valence-electron chi connectivity index (χ1n) is 9.41. The van der Waals surface area contributed by atoms with Crippen molar-refractivity contribution in [1.82, 2.24) is 0 Å². The monoisotopic (exact) mass is 330 g/mol. The molecule has 0 N–H and O–H groups in total. The van der Waals surface area contributed by atoms with Crippen molar-refractivity contribution in [2.75, 3.05) is 0 Å². The van der Waals surface area contributed by atoms with E-state index in [1.165, 1.54) is 12.8 Å². The van der Waals surface area contributed by atoms with Gasteiger partial charge in [0.25, 0.3) is 0 Å². The standard InChI is InChI=1S/C19H38O4/c1-8-11-16-12-14-19(15-13-16,22-20-17(4,5)9-2)23-21-18(6,7)10-3/h16H,8-15H2,1-7H3. The first kappa shape index (κ1) is 20.9. The summed E-state index contributed by atoms with van der Waals surface area (Å²) in [5, 5.41) is 0. The van der Waals surface area contributed by atoms with Gasteiger partial charge in [-0.05, 0) is 59.3 Å². The van der Waals surface area contributed by atoms with Gasteiger partial charge in [0.2, 0.25) is 5.79 Å². The smallest absolute Gasteiger partial charge is 0.228 e. The highest BCUT2D eigenvalue weighted by molar-refractivity contribution is 4.79. The lowest BCUT2D eigenvalue weighted by Crippen LogP contribution is -2.44. The highest BCUT2D eigenvalue weighted by Crippen LogP contribution is 2.40. The summed E-state index contributed by atoms with van der Waals surface area (Å²) in [6, 6.07) is 0. The largest absolute Gasteiger partial charge is 0.234 e. The Morgan fingerprint density at radius 1 is 0.826 bits per heavy atom. The molecule has 0 bridgehead atoms. The molecular weight excluding hydrogens is 292 g/mol. The van der Waals surface area contributed by atoms with Crippen molar-refractivity contribution in [3.05, 3.63) is 0 Å². The third-order valence-corrected chi connectivity index (χ3v) is 5.11. The van der Waals surface area contributed by atoms with Crippen molar-refractivity contribution in [3.8, 4) is 0 Å². The summed E-state index contributed by atoms with van der Waals surface area (Å²) in [7, 11) is 0. The minimum atomic E-state index is -0.775. The highest BCUT2D eigenvalue weighted by Gasteiger charge is 2.42. The molecule has 1 fully saturated rings. The fourth-order valence-electron chi connectivity index (χ4n) is 2.49. The van der Waals surface area contributed by atoms with Gasteiger partial charge in [-0.1, -0.05) is 33.6 Å². The molecule has 1 saturated carbocycles. The van der Waals surface area contributed by atoms with Crippen LogP contribution in [0, 0.1) is 5.92 Å². The Hall–Kier alpha value is -0.160. The van der Waals surface area contributed by atoms with Crippen LogP contribution in [0.5, 0.6) is 0 Å². The lowest BCUT2D eigenvalue weighted by molar-refractivity contribution is -0.548. The Bertz CT molecular complexity index is 308. The Balaban J connectivity index is 2.69. The topological polar surface area (TPSA) is 36.9 Å². The van der Waals surface area contributed by atoms with Crippen LogP contribution < -0.4 is 0 Å². The fourth-order valence-corrected chi connectivity index (χ4v) is 2.49. The van der Waals surface area contributed by atoms with Crippen molar-refractivity contribution >= 4 is 0 Å². The summed E-state index contributed by atoms with van der Waals surface area (Å²) < 4.78 is 0. The predicted molar refractivity (Wildman–Crippen MR) is 92.7 cm³/mol. The Morgan fingerprint density at radius 3 is 1.61 bits per heavy atom. The summed E-state index contributed by atoms with van der Waals surface area (Å²) in [4.78, 5) is 23.1. The average Bonchev–Trinajstić information content (AvgIpc) is 2.54. The van der Waals surface area contributed by atoms with E-state index in [1.54, 1.807) is 0 Å². The summed E-state index contributed by atoms with van der Waals surface area (Å²) in [5.41, 5.74) is -0.645. The second-order valence-corrected chi connectivity index (χ2v) is 8.20. The van der Waals surface area contributed by atoms with Gasteiger partial charge in [-0.2, -0.15) is 9.78 Å². The molecule has 138 valence electrons. The second-order valence-electron chi connectivity index (χ2n) is 8.20. The van der Waals surface area contributed by atoms with Gasteiger partial charge in [0.15, 0.2) is 0 Å². The van der Waals surface area contributed by atoms with E-state index >= 15 is 0 Å². The second kappa shape index (κ2) is 8.80. The molecule has 1 aliphatic rings. The molecule has 1 aliphatic carbocycles. The maximum Gasteiger partial charge on any atom is 0.234 e. The zero-order chi connectivity index (χ0) is 17.6. The van der Waals surface area contributed by atoms with E-state index in [4.69, 9.17) is 19.6 Å². The first-order chi connectivity index (χ1) is 10.7. The van der Waals surface area contributed by atoms with Crippen molar-refractivity contribution in [2.24, 2.45) is 5.92 Å². The maximum atomic E-state index is 5.85. The summed E-state index contributed by atoms with van der Waals surface area (Å²) >= 11 is 0. The van der Waals surface area contributed by atoms with Crippen LogP contribution in [0.1, 0.15) is 99.8 Å². The molecule has 0 atom stereocenters. The van der Waals surface area contributed by atoms with Gasteiger partial charge in [-0.3, -0.25) is 0 Å². The summed E-state index contributed by atoms with van der Waals surface area (Å²) in [6.45, 7) is 14.5. The van der Waals surface area contributed by atoms with E-state index < -0.39 is 5.79 Å². The summed E-state index contributed by atoms with van der Waals surface area (Å²) in [5.74, 6) is -0.0120. The first-order valence-corrected chi connectivity index (χ1v) is 9.41. The predicted octanol–water partition coefficient (Wildman–Crippen LogP) is 5.95. The van der Waals surface area contributed by atoms with Crippen LogP contribution >= 0.6 is 0 Å². The average molecular weight is 331 g/mol. The van der Waals surface area contributed by atoms with Crippen molar-refractivity contribution in [3.63, 3.8) is 0 Å². The van der Waals surface area contributed by atoms with E-state index in [9.17, 15) is 0 Å². The zero-order valence-electron chi connectivity index (χ0n) is 16.4. The molecule has 4 heteroatoms. The minimum absolute atomic E-state index is 0.323. The number of rotatable bonds is 10. The maximum absolute atomic E-state index is 5.85. The van der Waals surface area contributed by atoms with Crippen LogP contribution in [-0.4, -0.2) is 17.0 Å². The van der Waals surface area contributed by atoms with Gasteiger partial charge in [0.05, 0.1) is 11.2 Å².